The van der Waals surface area contributed by atoms with Crippen molar-refractivity contribution in [2.45, 2.75) is 25.9 Å². The monoisotopic (exact) mass is 510 g/mol. The van der Waals surface area contributed by atoms with Gasteiger partial charge in [0.2, 0.25) is 0 Å². The Morgan fingerprint density at radius 3 is 1.89 bits per heavy atom. The Labute approximate surface area is 218 Å². The molecule has 1 saturated heterocycles. The highest BCUT2D eigenvalue weighted by Gasteiger charge is 2.22. The molecule has 4 nitrogen and oxygen atoms in total. The van der Waals surface area contributed by atoms with E-state index in [1.165, 1.54) is 5.56 Å². The summed E-state index contributed by atoms with van der Waals surface area (Å²) in [4.78, 5) is 17.2. The number of piperazine rings is 1. The Bertz CT molecular complexity index is 1030. The Kier molecular flexibility index (Phi) is 9.22. The highest BCUT2D eigenvalue weighted by molar-refractivity contribution is 6.30. The molecule has 0 bridgehead atoms. The van der Waals surface area contributed by atoms with Gasteiger partial charge in [0.15, 0.2) is 0 Å². The van der Waals surface area contributed by atoms with E-state index in [-0.39, 0.29) is 12.0 Å². The first-order valence-electron chi connectivity index (χ1n) is 12.3. The second-order valence-corrected chi connectivity index (χ2v) is 9.76. The van der Waals surface area contributed by atoms with Crippen LogP contribution in [0.1, 0.15) is 46.5 Å². The van der Waals surface area contributed by atoms with Crippen LogP contribution in [0.4, 0.5) is 0 Å². The summed E-state index contributed by atoms with van der Waals surface area (Å²) in [7, 11) is 0. The topological polar surface area (TPSA) is 32.8 Å². The van der Waals surface area contributed by atoms with Crippen molar-refractivity contribution in [3.63, 3.8) is 0 Å². The van der Waals surface area contributed by atoms with E-state index >= 15 is 0 Å². The maximum Gasteiger partial charge on any atom is 0.253 e. The van der Waals surface area contributed by atoms with Crippen LogP contribution < -0.4 is 0 Å². The molecule has 0 unspecified atom stereocenters. The van der Waals surface area contributed by atoms with Gasteiger partial charge >= 0.3 is 0 Å². The number of carbonyl (C=O) groups excluding carboxylic acids is 1. The van der Waals surface area contributed by atoms with Crippen molar-refractivity contribution < 1.29 is 9.53 Å². The summed E-state index contributed by atoms with van der Waals surface area (Å²) in [5, 5.41) is 1.42. The average molecular weight is 511 g/mol. The van der Waals surface area contributed by atoms with Crippen LogP contribution in [0.15, 0.2) is 72.8 Å². The molecule has 184 valence electrons. The van der Waals surface area contributed by atoms with E-state index in [0.29, 0.717) is 16.7 Å². The number of rotatable bonds is 9. The molecular formula is C29H32Cl2N2O2. The predicted octanol–water partition coefficient (Wildman–Crippen LogP) is 6.51. The Balaban J connectivity index is 1.25. The van der Waals surface area contributed by atoms with Crippen LogP contribution in [0.5, 0.6) is 0 Å². The van der Waals surface area contributed by atoms with Gasteiger partial charge in [-0.15, -0.1) is 0 Å². The lowest BCUT2D eigenvalue weighted by Gasteiger charge is -2.35. The minimum Gasteiger partial charge on any atom is -0.369 e. The lowest BCUT2D eigenvalue weighted by Crippen LogP contribution is -2.49. The number of benzene rings is 3. The number of ether oxygens (including phenoxy) is 1. The van der Waals surface area contributed by atoms with Gasteiger partial charge in [0, 0.05) is 54.9 Å². The van der Waals surface area contributed by atoms with Crippen LogP contribution in [-0.2, 0) is 11.2 Å². The van der Waals surface area contributed by atoms with Crippen molar-refractivity contribution in [2.75, 3.05) is 39.3 Å². The van der Waals surface area contributed by atoms with Gasteiger partial charge in [-0.05, 0) is 65.9 Å². The van der Waals surface area contributed by atoms with Crippen molar-refractivity contribution in [1.29, 1.82) is 0 Å². The molecule has 0 spiro atoms. The summed E-state index contributed by atoms with van der Waals surface area (Å²) in [6, 6.07) is 23.6. The molecule has 4 rings (SSSR count). The Hall–Kier alpha value is -2.37. The fourth-order valence-corrected chi connectivity index (χ4v) is 4.64. The molecule has 0 atom stereocenters. The molecule has 1 aliphatic heterocycles. The summed E-state index contributed by atoms with van der Waals surface area (Å²) in [6.45, 7) is 6.99. The van der Waals surface area contributed by atoms with Gasteiger partial charge in [0.05, 0.1) is 0 Å². The molecule has 0 aromatic heterocycles. The van der Waals surface area contributed by atoms with Crippen molar-refractivity contribution >= 4 is 29.1 Å². The highest BCUT2D eigenvalue weighted by Crippen LogP contribution is 2.28. The molecule has 1 amide bonds. The largest absolute Gasteiger partial charge is 0.369 e. The molecule has 3 aromatic rings. The first-order chi connectivity index (χ1) is 17.0. The van der Waals surface area contributed by atoms with Crippen molar-refractivity contribution in [2.24, 2.45) is 0 Å². The van der Waals surface area contributed by atoms with Gasteiger partial charge < -0.3 is 9.64 Å². The minimum atomic E-state index is -0.168. The van der Waals surface area contributed by atoms with Crippen LogP contribution in [0.25, 0.3) is 0 Å². The highest BCUT2D eigenvalue weighted by atomic mass is 35.5. The average Bonchev–Trinajstić information content (AvgIpc) is 2.90. The number of amides is 1. The second kappa shape index (κ2) is 12.5. The fraction of sp³-hybridized carbons (Fsp3) is 0.345. The van der Waals surface area contributed by atoms with E-state index in [0.717, 1.165) is 62.3 Å². The maximum atomic E-state index is 12.8. The lowest BCUT2D eigenvalue weighted by atomic mass is 10.0. The zero-order valence-corrected chi connectivity index (χ0v) is 21.6. The predicted molar refractivity (Wildman–Crippen MR) is 143 cm³/mol. The molecule has 1 fully saturated rings. The quantitative estimate of drug-likeness (QED) is 0.307. The van der Waals surface area contributed by atoms with Gasteiger partial charge in [-0.1, -0.05) is 66.5 Å². The van der Waals surface area contributed by atoms with E-state index in [4.69, 9.17) is 27.9 Å². The SMILES string of the molecule is CCc1ccc(C(=O)N2CCN(CCCOC(c3ccc(Cl)cc3)c3ccc(Cl)cc3)CC2)cc1. The van der Waals surface area contributed by atoms with Crippen LogP contribution in [0.2, 0.25) is 10.0 Å². The zero-order valence-electron chi connectivity index (χ0n) is 20.1. The molecule has 1 aliphatic rings. The van der Waals surface area contributed by atoms with Crippen molar-refractivity contribution in [3.05, 3.63) is 105 Å². The third-order valence-electron chi connectivity index (χ3n) is 6.52. The molecule has 35 heavy (non-hydrogen) atoms. The molecule has 0 aliphatic carbocycles. The Morgan fingerprint density at radius 1 is 0.829 bits per heavy atom. The van der Waals surface area contributed by atoms with E-state index < -0.39 is 0 Å². The first kappa shape index (κ1) is 25.7. The molecule has 3 aromatic carbocycles. The number of aryl methyl sites for hydroxylation is 1. The molecular weight excluding hydrogens is 479 g/mol. The maximum absolute atomic E-state index is 12.8. The second-order valence-electron chi connectivity index (χ2n) is 8.89. The van der Waals surface area contributed by atoms with Gasteiger partial charge in [0.1, 0.15) is 6.10 Å². The third-order valence-corrected chi connectivity index (χ3v) is 7.02. The fourth-order valence-electron chi connectivity index (χ4n) is 4.39. The lowest BCUT2D eigenvalue weighted by molar-refractivity contribution is 0.0550. The number of nitrogens with zero attached hydrogens (tertiary/aromatic N) is 2. The first-order valence-corrected chi connectivity index (χ1v) is 13.0. The van der Waals surface area contributed by atoms with Crippen LogP contribution in [-0.4, -0.2) is 55.0 Å². The van der Waals surface area contributed by atoms with Crippen LogP contribution in [0, 0.1) is 0 Å². The third kappa shape index (κ3) is 7.08. The molecule has 0 N–H and O–H groups in total. The summed E-state index contributed by atoms with van der Waals surface area (Å²) in [5.41, 5.74) is 4.16. The summed E-state index contributed by atoms with van der Waals surface area (Å²) < 4.78 is 6.34. The van der Waals surface area contributed by atoms with Crippen molar-refractivity contribution in [3.8, 4) is 0 Å². The van der Waals surface area contributed by atoms with Gasteiger partial charge in [0.25, 0.3) is 5.91 Å². The molecule has 1 heterocycles. The van der Waals surface area contributed by atoms with Crippen LogP contribution in [0.3, 0.4) is 0 Å². The Morgan fingerprint density at radius 2 is 1.37 bits per heavy atom. The molecule has 0 radical (unpaired) electrons. The molecule has 0 saturated carbocycles. The summed E-state index contributed by atoms with van der Waals surface area (Å²) in [6.07, 6.45) is 1.74. The normalized spacial score (nSPS) is 14.5. The molecule has 6 heteroatoms. The van der Waals surface area contributed by atoms with E-state index in [1.807, 2.05) is 77.7 Å². The standard InChI is InChI=1S/C29H32Cl2N2O2/c1-2-22-4-6-25(7-5-22)29(34)33-19-17-32(18-20-33)16-3-21-35-28(23-8-12-26(30)13-9-23)24-10-14-27(31)15-11-24/h4-15,28H,2-3,16-21H2,1H3. The van der Waals surface area contributed by atoms with E-state index in [1.54, 1.807) is 0 Å². The van der Waals surface area contributed by atoms with Gasteiger partial charge in [-0.25, -0.2) is 0 Å². The summed E-state index contributed by atoms with van der Waals surface area (Å²) in [5.74, 6) is 0.129. The van der Waals surface area contributed by atoms with E-state index in [2.05, 4.69) is 11.8 Å². The minimum absolute atomic E-state index is 0.129. The smallest absolute Gasteiger partial charge is 0.253 e. The number of hydrogen-bond donors (Lipinski definition) is 0. The summed E-state index contributed by atoms with van der Waals surface area (Å²) >= 11 is 12.2. The van der Waals surface area contributed by atoms with Crippen molar-refractivity contribution in [1.82, 2.24) is 9.80 Å². The number of halogens is 2. The number of hydrogen-bond acceptors (Lipinski definition) is 3. The van der Waals surface area contributed by atoms with E-state index in [9.17, 15) is 4.79 Å². The van der Waals surface area contributed by atoms with Gasteiger partial charge in [-0.3, -0.25) is 9.69 Å². The number of carbonyl (C=O) groups is 1. The zero-order chi connectivity index (χ0) is 24.6. The van der Waals surface area contributed by atoms with Gasteiger partial charge in [-0.2, -0.15) is 0 Å². The van der Waals surface area contributed by atoms with Crippen LogP contribution >= 0.6 is 23.2 Å².